The van der Waals surface area contributed by atoms with E-state index in [4.69, 9.17) is 11.0 Å². The Hall–Kier alpha value is -1.89. The molecule has 0 radical (unpaired) electrons. The SMILES string of the molecule is COC(=O)c1nnc(N)cc1OO. The molecule has 13 heavy (non-hydrogen) atoms. The number of rotatable bonds is 2. The van der Waals surface area contributed by atoms with Gasteiger partial charge in [-0.2, -0.15) is 0 Å². The van der Waals surface area contributed by atoms with E-state index in [0.29, 0.717) is 0 Å². The van der Waals surface area contributed by atoms with Crippen LogP contribution in [-0.2, 0) is 4.74 Å². The molecule has 70 valence electrons. The standard InChI is InChI=1S/C6H7N3O4/c1-12-6(10)5-3(13-11)2-4(7)8-9-5/h2,11H,1H3,(H2,7,8). The minimum atomic E-state index is -0.767. The maximum absolute atomic E-state index is 10.9. The number of hydrogen-bond acceptors (Lipinski definition) is 7. The molecule has 0 aliphatic carbocycles. The molecule has 0 amide bonds. The van der Waals surface area contributed by atoms with E-state index >= 15 is 0 Å². The van der Waals surface area contributed by atoms with E-state index in [1.54, 1.807) is 0 Å². The first-order valence-electron chi connectivity index (χ1n) is 3.22. The van der Waals surface area contributed by atoms with Crippen molar-refractivity contribution in [1.29, 1.82) is 0 Å². The Morgan fingerprint density at radius 1 is 1.62 bits per heavy atom. The number of nitrogens with zero attached hydrogens (tertiary/aromatic N) is 2. The van der Waals surface area contributed by atoms with Gasteiger partial charge in [0.25, 0.3) is 0 Å². The first kappa shape index (κ1) is 9.20. The number of esters is 1. The molecule has 0 aliphatic rings. The van der Waals surface area contributed by atoms with Crippen LogP contribution in [0.3, 0.4) is 0 Å². The van der Waals surface area contributed by atoms with Crippen molar-refractivity contribution < 1.29 is 19.7 Å². The number of nitrogens with two attached hydrogens (primary N) is 1. The number of methoxy groups -OCH3 is 1. The lowest BCUT2D eigenvalue weighted by molar-refractivity contribution is -0.138. The first-order valence-corrected chi connectivity index (χ1v) is 3.22. The molecule has 7 heteroatoms. The molecular weight excluding hydrogens is 178 g/mol. The summed E-state index contributed by atoms with van der Waals surface area (Å²) in [6.45, 7) is 0. The molecule has 0 aliphatic heterocycles. The van der Waals surface area contributed by atoms with Crippen molar-refractivity contribution in [2.24, 2.45) is 0 Å². The van der Waals surface area contributed by atoms with Crippen LogP contribution in [0.2, 0.25) is 0 Å². The summed E-state index contributed by atoms with van der Waals surface area (Å²) >= 11 is 0. The fourth-order valence-electron chi connectivity index (χ4n) is 0.696. The summed E-state index contributed by atoms with van der Waals surface area (Å²) in [5.41, 5.74) is 4.99. The van der Waals surface area contributed by atoms with E-state index in [9.17, 15) is 4.79 Å². The molecule has 0 unspecified atom stereocenters. The van der Waals surface area contributed by atoms with Gasteiger partial charge in [-0.15, -0.1) is 10.2 Å². The molecule has 0 bridgehead atoms. The van der Waals surface area contributed by atoms with Crippen LogP contribution in [0.1, 0.15) is 10.5 Å². The highest BCUT2D eigenvalue weighted by atomic mass is 17.1. The van der Waals surface area contributed by atoms with E-state index in [1.165, 1.54) is 7.11 Å². The molecule has 0 saturated heterocycles. The smallest absolute Gasteiger partial charge is 0.362 e. The number of hydrogen-bond donors (Lipinski definition) is 2. The summed E-state index contributed by atoms with van der Waals surface area (Å²) in [7, 11) is 1.17. The van der Waals surface area contributed by atoms with Gasteiger partial charge >= 0.3 is 5.97 Å². The predicted molar refractivity (Wildman–Crippen MR) is 41.0 cm³/mol. The minimum Gasteiger partial charge on any atom is -0.464 e. The van der Waals surface area contributed by atoms with Crippen molar-refractivity contribution >= 4 is 11.8 Å². The third kappa shape index (κ3) is 1.82. The molecular formula is C6H7N3O4. The van der Waals surface area contributed by atoms with Crippen LogP contribution in [0.25, 0.3) is 0 Å². The molecule has 3 N–H and O–H groups in total. The van der Waals surface area contributed by atoms with Crippen LogP contribution in [-0.4, -0.2) is 28.5 Å². The largest absolute Gasteiger partial charge is 0.464 e. The summed E-state index contributed by atoms with van der Waals surface area (Å²) in [5.74, 6) is -0.937. The van der Waals surface area contributed by atoms with E-state index < -0.39 is 5.97 Å². The number of aromatic nitrogens is 2. The molecule has 0 atom stereocenters. The monoisotopic (exact) mass is 185 g/mol. The van der Waals surface area contributed by atoms with Crippen LogP contribution in [0.15, 0.2) is 6.07 Å². The summed E-state index contributed by atoms with van der Waals surface area (Å²) < 4.78 is 4.35. The quantitative estimate of drug-likeness (QED) is 0.369. The summed E-state index contributed by atoms with van der Waals surface area (Å²) in [5, 5.41) is 15.1. The lowest BCUT2D eigenvalue weighted by Gasteiger charge is -2.02. The van der Waals surface area contributed by atoms with Gasteiger partial charge in [0.2, 0.25) is 11.4 Å². The van der Waals surface area contributed by atoms with Gasteiger partial charge in [0, 0.05) is 6.07 Å². The van der Waals surface area contributed by atoms with Gasteiger partial charge < -0.3 is 15.4 Å². The summed E-state index contributed by atoms with van der Waals surface area (Å²) in [4.78, 5) is 14.8. The fourth-order valence-corrected chi connectivity index (χ4v) is 0.696. The van der Waals surface area contributed by atoms with E-state index in [-0.39, 0.29) is 17.3 Å². The fraction of sp³-hybridized carbons (Fsp3) is 0.167. The Balaban J connectivity index is 3.13. The second kappa shape index (κ2) is 3.68. The van der Waals surface area contributed by atoms with Gasteiger partial charge in [-0.3, -0.25) is 0 Å². The van der Waals surface area contributed by atoms with Gasteiger partial charge in [-0.25, -0.2) is 10.1 Å². The van der Waals surface area contributed by atoms with Gasteiger partial charge in [-0.1, -0.05) is 0 Å². The Morgan fingerprint density at radius 2 is 2.31 bits per heavy atom. The van der Waals surface area contributed by atoms with Crippen molar-refractivity contribution in [3.63, 3.8) is 0 Å². The zero-order valence-corrected chi connectivity index (χ0v) is 6.72. The number of anilines is 1. The first-order chi connectivity index (χ1) is 6.19. The second-order valence-electron chi connectivity index (χ2n) is 2.06. The molecule has 7 nitrogen and oxygen atoms in total. The normalized spacial score (nSPS) is 9.38. The van der Waals surface area contributed by atoms with Gasteiger partial charge in [0.1, 0.15) is 5.82 Å². The van der Waals surface area contributed by atoms with Gasteiger partial charge in [0.05, 0.1) is 7.11 Å². The number of carbonyl (C=O) groups excluding carboxylic acids is 1. The summed E-state index contributed by atoms with van der Waals surface area (Å²) in [6, 6.07) is 1.15. The van der Waals surface area contributed by atoms with Crippen molar-refractivity contribution in [2.75, 3.05) is 12.8 Å². The molecule has 0 aromatic carbocycles. The molecule has 1 heterocycles. The van der Waals surface area contributed by atoms with Crippen LogP contribution < -0.4 is 10.6 Å². The van der Waals surface area contributed by atoms with Crippen LogP contribution >= 0.6 is 0 Å². The van der Waals surface area contributed by atoms with E-state index in [2.05, 4.69) is 19.8 Å². The Bertz CT molecular complexity index is 328. The average Bonchev–Trinajstić information content (AvgIpc) is 2.16. The second-order valence-corrected chi connectivity index (χ2v) is 2.06. The van der Waals surface area contributed by atoms with E-state index in [0.717, 1.165) is 6.07 Å². The molecule has 1 aromatic rings. The zero-order valence-electron chi connectivity index (χ0n) is 6.72. The third-order valence-electron chi connectivity index (χ3n) is 1.25. The lowest BCUT2D eigenvalue weighted by Crippen LogP contribution is -2.09. The molecule has 0 fully saturated rings. The number of carbonyl (C=O) groups is 1. The topological polar surface area (TPSA) is 108 Å². The maximum atomic E-state index is 10.9. The van der Waals surface area contributed by atoms with Crippen LogP contribution in [0, 0.1) is 0 Å². The number of nitrogen functional groups attached to an aromatic ring is 1. The zero-order chi connectivity index (χ0) is 9.84. The molecule has 1 rings (SSSR count). The lowest BCUT2D eigenvalue weighted by atomic mass is 10.3. The third-order valence-corrected chi connectivity index (χ3v) is 1.25. The van der Waals surface area contributed by atoms with Crippen molar-refractivity contribution in [1.82, 2.24) is 10.2 Å². The number of ether oxygens (including phenoxy) is 1. The van der Waals surface area contributed by atoms with Crippen molar-refractivity contribution in [2.45, 2.75) is 0 Å². The summed E-state index contributed by atoms with van der Waals surface area (Å²) in [6.07, 6.45) is 0. The average molecular weight is 185 g/mol. The van der Waals surface area contributed by atoms with Crippen molar-refractivity contribution in [3.8, 4) is 5.75 Å². The van der Waals surface area contributed by atoms with Crippen LogP contribution in [0.5, 0.6) is 5.75 Å². The van der Waals surface area contributed by atoms with Gasteiger partial charge in [0.15, 0.2) is 0 Å². The highest BCUT2D eigenvalue weighted by Gasteiger charge is 2.16. The Morgan fingerprint density at radius 3 is 2.85 bits per heavy atom. The molecule has 0 saturated carbocycles. The minimum absolute atomic E-state index is 0.0247. The molecule has 0 spiro atoms. The van der Waals surface area contributed by atoms with E-state index in [1.807, 2.05) is 0 Å². The Labute approximate surface area is 73.0 Å². The predicted octanol–water partition coefficient (Wildman–Crippen LogP) is -0.303. The highest BCUT2D eigenvalue weighted by Crippen LogP contribution is 2.17. The highest BCUT2D eigenvalue weighted by molar-refractivity contribution is 5.90. The Kier molecular flexibility index (Phi) is 2.60. The maximum Gasteiger partial charge on any atom is 0.362 e. The van der Waals surface area contributed by atoms with Crippen molar-refractivity contribution in [3.05, 3.63) is 11.8 Å². The molecule has 1 aromatic heterocycles. The van der Waals surface area contributed by atoms with Gasteiger partial charge in [-0.05, 0) is 0 Å². The van der Waals surface area contributed by atoms with Crippen LogP contribution in [0.4, 0.5) is 5.82 Å².